The molecule has 0 unspecified atom stereocenters. The van der Waals surface area contributed by atoms with E-state index in [1.165, 1.54) is 41.9 Å². The SMILES string of the molecule is COc1ccc2sc3c(c2c1)c1ccccc1c1c2cc(-c4ccccc4)ccc2n(-c2nc(-c4ccccc4)nc(-c4ccccc4)n2)c31. The van der Waals surface area contributed by atoms with Crippen LogP contribution in [-0.4, -0.2) is 26.6 Å². The van der Waals surface area contributed by atoms with E-state index in [-0.39, 0.29) is 0 Å². The average molecular weight is 661 g/mol. The van der Waals surface area contributed by atoms with Gasteiger partial charge in [-0.05, 0) is 52.2 Å². The molecule has 0 N–H and O–H groups in total. The predicted octanol–water partition coefficient (Wildman–Crippen LogP) is 11.5. The van der Waals surface area contributed by atoms with Crippen LogP contribution in [0.5, 0.6) is 5.75 Å². The van der Waals surface area contributed by atoms with E-state index in [4.69, 9.17) is 19.7 Å². The molecule has 0 atom stereocenters. The molecule has 0 spiro atoms. The molecule has 0 aliphatic carbocycles. The van der Waals surface area contributed by atoms with Crippen LogP contribution >= 0.6 is 11.3 Å². The Kier molecular flexibility index (Phi) is 6.51. The first-order valence-corrected chi connectivity index (χ1v) is 17.4. The van der Waals surface area contributed by atoms with E-state index < -0.39 is 0 Å². The summed E-state index contributed by atoms with van der Waals surface area (Å²) in [4.78, 5) is 15.5. The lowest BCUT2D eigenvalue weighted by molar-refractivity contribution is 0.415. The van der Waals surface area contributed by atoms with Crippen LogP contribution in [0.4, 0.5) is 0 Å². The summed E-state index contributed by atoms with van der Waals surface area (Å²) in [7, 11) is 1.73. The quantitative estimate of drug-likeness (QED) is 0.184. The van der Waals surface area contributed by atoms with Crippen LogP contribution in [0.2, 0.25) is 0 Å². The maximum Gasteiger partial charge on any atom is 0.238 e. The highest BCUT2D eigenvalue weighted by Crippen LogP contribution is 2.48. The van der Waals surface area contributed by atoms with Crippen molar-refractivity contribution in [2.24, 2.45) is 0 Å². The fraction of sp³-hybridized carbons (Fsp3) is 0.0227. The Morgan fingerprint density at radius 3 is 1.74 bits per heavy atom. The van der Waals surface area contributed by atoms with Gasteiger partial charge in [0.05, 0.1) is 22.8 Å². The number of ether oxygens (including phenoxy) is 1. The fourth-order valence-corrected chi connectivity index (χ4v) is 8.49. The summed E-state index contributed by atoms with van der Waals surface area (Å²) in [5, 5.41) is 7.12. The topological polar surface area (TPSA) is 52.8 Å². The molecule has 0 aliphatic rings. The summed E-state index contributed by atoms with van der Waals surface area (Å²) in [6, 6.07) is 52.8. The predicted molar refractivity (Wildman–Crippen MR) is 207 cm³/mol. The second-order valence-electron chi connectivity index (χ2n) is 12.4. The smallest absolute Gasteiger partial charge is 0.238 e. The molecule has 3 aromatic heterocycles. The van der Waals surface area contributed by atoms with Crippen molar-refractivity contribution >= 4 is 64.1 Å². The molecule has 10 aromatic rings. The number of benzene rings is 7. The zero-order chi connectivity index (χ0) is 33.2. The highest BCUT2D eigenvalue weighted by molar-refractivity contribution is 7.27. The van der Waals surface area contributed by atoms with E-state index >= 15 is 0 Å². The van der Waals surface area contributed by atoms with Crippen LogP contribution in [0.3, 0.4) is 0 Å². The van der Waals surface area contributed by atoms with Crippen molar-refractivity contribution in [1.29, 1.82) is 0 Å². The van der Waals surface area contributed by atoms with Crippen LogP contribution < -0.4 is 4.74 Å². The Morgan fingerprint density at radius 1 is 0.500 bits per heavy atom. The van der Waals surface area contributed by atoms with E-state index in [9.17, 15) is 0 Å². The van der Waals surface area contributed by atoms with Gasteiger partial charge in [-0.1, -0.05) is 121 Å². The van der Waals surface area contributed by atoms with Crippen LogP contribution in [0.15, 0.2) is 152 Å². The molecule has 0 saturated carbocycles. The lowest BCUT2D eigenvalue weighted by Gasteiger charge is -2.12. The number of fused-ring (bicyclic) bond motifs is 10. The molecule has 50 heavy (non-hydrogen) atoms. The molecule has 0 saturated heterocycles. The Hall–Kier alpha value is -6.37. The molecule has 3 heterocycles. The number of thiophene rings is 1. The van der Waals surface area contributed by atoms with Gasteiger partial charge in [0.25, 0.3) is 0 Å². The van der Waals surface area contributed by atoms with E-state index in [1.54, 1.807) is 18.4 Å². The van der Waals surface area contributed by atoms with Crippen LogP contribution in [0, 0.1) is 0 Å². The normalized spacial score (nSPS) is 11.7. The average Bonchev–Trinajstić information content (AvgIpc) is 3.75. The second kappa shape index (κ2) is 11.4. The van der Waals surface area contributed by atoms with Gasteiger partial charge in [-0.3, -0.25) is 4.57 Å². The van der Waals surface area contributed by atoms with Crippen LogP contribution in [-0.2, 0) is 0 Å². The summed E-state index contributed by atoms with van der Waals surface area (Å²) >= 11 is 1.80. The van der Waals surface area contributed by atoms with Crippen molar-refractivity contribution in [3.05, 3.63) is 152 Å². The number of nitrogens with zero attached hydrogens (tertiary/aromatic N) is 4. The van der Waals surface area contributed by atoms with Crippen molar-refractivity contribution in [2.45, 2.75) is 0 Å². The first-order chi connectivity index (χ1) is 24.7. The second-order valence-corrected chi connectivity index (χ2v) is 13.4. The molecular weight excluding hydrogens is 633 g/mol. The van der Waals surface area contributed by atoms with Crippen molar-refractivity contribution in [1.82, 2.24) is 19.5 Å². The first kappa shape index (κ1) is 28.6. The zero-order valence-corrected chi connectivity index (χ0v) is 27.9. The minimum absolute atomic E-state index is 0.580. The lowest BCUT2D eigenvalue weighted by Crippen LogP contribution is -2.06. The molecule has 236 valence electrons. The molecule has 5 nitrogen and oxygen atoms in total. The molecule has 0 aliphatic heterocycles. The third-order valence-electron chi connectivity index (χ3n) is 9.54. The largest absolute Gasteiger partial charge is 0.497 e. The Labute approximate surface area is 291 Å². The minimum atomic E-state index is 0.580. The van der Waals surface area contributed by atoms with Gasteiger partial charge >= 0.3 is 0 Å². The summed E-state index contributed by atoms with van der Waals surface area (Å²) in [5.41, 5.74) is 6.33. The number of rotatable bonds is 5. The summed E-state index contributed by atoms with van der Waals surface area (Å²) < 4.78 is 10.4. The molecule has 6 heteroatoms. The van der Waals surface area contributed by atoms with Gasteiger partial charge in [0.15, 0.2) is 11.6 Å². The molecule has 0 amide bonds. The fourth-order valence-electron chi connectivity index (χ4n) is 7.25. The Balaban J connectivity index is 1.41. The number of hydrogen-bond donors (Lipinski definition) is 0. The summed E-state index contributed by atoms with van der Waals surface area (Å²) in [6.45, 7) is 0. The Bertz CT molecular complexity index is 2840. The monoisotopic (exact) mass is 660 g/mol. The highest BCUT2D eigenvalue weighted by atomic mass is 32.1. The van der Waals surface area contributed by atoms with E-state index in [0.717, 1.165) is 38.9 Å². The number of aromatic nitrogens is 4. The third-order valence-corrected chi connectivity index (χ3v) is 10.7. The van der Waals surface area contributed by atoms with Crippen molar-refractivity contribution < 1.29 is 4.74 Å². The maximum absolute atomic E-state index is 5.72. The molecule has 0 bridgehead atoms. The van der Waals surface area contributed by atoms with Gasteiger partial charge in [0.1, 0.15) is 5.75 Å². The van der Waals surface area contributed by atoms with Gasteiger partial charge in [-0.25, -0.2) is 4.98 Å². The first-order valence-electron chi connectivity index (χ1n) is 16.6. The van der Waals surface area contributed by atoms with Crippen molar-refractivity contribution in [3.63, 3.8) is 0 Å². The Morgan fingerprint density at radius 2 is 1.10 bits per heavy atom. The molecule has 7 aromatic carbocycles. The zero-order valence-electron chi connectivity index (χ0n) is 27.0. The molecule has 10 rings (SSSR count). The maximum atomic E-state index is 5.72. The van der Waals surface area contributed by atoms with Crippen LogP contribution in [0.25, 0.3) is 92.6 Å². The lowest BCUT2D eigenvalue weighted by atomic mass is 9.97. The third kappa shape index (κ3) is 4.42. The van der Waals surface area contributed by atoms with Crippen molar-refractivity contribution in [2.75, 3.05) is 7.11 Å². The van der Waals surface area contributed by atoms with Gasteiger partial charge < -0.3 is 4.74 Å². The van der Waals surface area contributed by atoms with Gasteiger partial charge in [0.2, 0.25) is 5.95 Å². The van der Waals surface area contributed by atoms with Gasteiger partial charge in [-0.15, -0.1) is 11.3 Å². The van der Waals surface area contributed by atoms with E-state index in [0.29, 0.717) is 17.6 Å². The number of methoxy groups -OCH3 is 1. The summed E-state index contributed by atoms with van der Waals surface area (Å²) in [6.07, 6.45) is 0. The summed E-state index contributed by atoms with van der Waals surface area (Å²) in [5.74, 6) is 2.68. The minimum Gasteiger partial charge on any atom is -0.497 e. The van der Waals surface area contributed by atoms with E-state index in [2.05, 4.69) is 114 Å². The van der Waals surface area contributed by atoms with E-state index in [1.807, 2.05) is 42.5 Å². The van der Waals surface area contributed by atoms with Crippen LogP contribution in [0.1, 0.15) is 0 Å². The number of hydrogen-bond acceptors (Lipinski definition) is 5. The molecular formula is C44H28N4OS. The standard InChI is InChI=1S/C44H28N4OS/c1-49-31-22-24-37-35(26-31)39-33-20-12-11-19-32(33)38-34-25-30(27-13-5-2-6-14-27)21-23-36(34)48(40(38)41(39)50-37)44-46-42(28-15-7-3-8-16-28)45-43(47-44)29-17-9-4-10-18-29/h2-26H,1H3. The molecule has 0 fully saturated rings. The van der Waals surface area contributed by atoms with Gasteiger partial charge in [-0.2, -0.15) is 9.97 Å². The van der Waals surface area contributed by atoms with Gasteiger partial charge in [0, 0.05) is 37.4 Å². The highest BCUT2D eigenvalue weighted by Gasteiger charge is 2.24. The molecule has 0 radical (unpaired) electrons. The van der Waals surface area contributed by atoms with Crippen molar-refractivity contribution in [3.8, 4) is 45.6 Å².